The molecule has 2 aliphatic rings. The van der Waals surface area contributed by atoms with Gasteiger partial charge in [-0.25, -0.2) is 0 Å². The van der Waals surface area contributed by atoms with Crippen LogP contribution < -0.4 is 5.32 Å². The molecular weight excluding hydrogens is 204 g/mol. The molecule has 1 aliphatic carbocycles. The lowest BCUT2D eigenvalue weighted by Gasteiger charge is -2.36. The molecule has 1 aliphatic heterocycles. The summed E-state index contributed by atoms with van der Waals surface area (Å²) < 4.78 is 0. The maximum absolute atomic E-state index is 12.0. The molecule has 0 aromatic rings. The first kappa shape index (κ1) is 11.4. The van der Waals surface area contributed by atoms with Crippen LogP contribution in [0.2, 0.25) is 0 Å². The van der Waals surface area contributed by atoms with Crippen LogP contribution in [0, 0.1) is 0 Å². The molecule has 1 N–H and O–H groups in total. The normalized spacial score (nSPS) is 28.8. The molecule has 2 fully saturated rings. The van der Waals surface area contributed by atoms with Gasteiger partial charge in [-0.3, -0.25) is 9.59 Å². The molecular formula is C12H20N2O2. The summed E-state index contributed by atoms with van der Waals surface area (Å²) in [5.41, 5.74) is 0. The largest absolute Gasteiger partial charge is 0.343 e. The molecule has 0 bridgehead atoms. The van der Waals surface area contributed by atoms with Crippen molar-refractivity contribution in [2.75, 3.05) is 6.54 Å². The van der Waals surface area contributed by atoms with Crippen molar-refractivity contribution in [1.29, 1.82) is 0 Å². The van der Waals surface area contributed by atoms with E-state index in [2.05, 4.69) is 5.32 Å². The highest BCUT2D eigenvalue weighted by Crippen LogP contribution is 2.23. The molecule has 2 amide bonds. The van der Waals surface area contributed by atoms with Gasteiger partial charge < -0.3 is 10.2 Å². The fraction of sp³-hybridized carbons (Fsp3) is 0.833. The van der Waals surface area contributed by atoms with E-state index in [9.17, 15) is 9.59 Å². The predicted molar refractivity (Wildman–Crippen MR) is 60.8 cm³/mol. The highest BCUT2D eigenvalue weighted by Gasteiger charge is 2.34. The maximum Gasteiger partial charge on any atom is 0.245 e. The molecule has 0 aromatic carbocycles. The first-order valence-electron chi connectivity index (χ1n) is 6.28. The van der Waals surface area contributed by atoms with E-state index in [0.717, 1.165) is 12.8 Å². The third-order valence-electron chi connectivity index (χ3n) is 3.61. The van der Waals surface area contributed by atoms with E-state index < -0.39 is 0 Å². The Balaban J connectivity index is 2.05. The second-order valence-electron chi connectivity index (χ2n) is 4.90. The molecule has 1 unspecified atom stereocenters. The Kier molecular flexibility index (Phi) is 3.46. The lowest BCUT2D eigenvalue weighted by molar-refractivity contribution is -0.146. The molecule has 1 heterocycles. The minimum atomic E-state index is -0.343. The van der Waals surface area contributed by atoms with Crippen molar-refractivity contribution in [2.24, 2.45) is 0 Å². The van der Waals surface area contributed by atoms with E-state index in [1.165, 1.54) is 25.7 Å². The molecule has 90 valence electrons. The topological polar surface area (TPSA) is 49.4 Å². The van der Waals surface area contributed by atoms with Crippen LogP contribution in [0.5, 0.6) is 0 Å². The van der Waals surface area contributed by atoms with Crippen molar-refractivity contribution >= 4 is 11.8 Å². The SMILES string of the molecule is CC1NC(=O)CN(C2CCCCCC2)C1=O. The van der Waals surface area contributed by atoms with Crippen LogP contribution in [0.3, 0.4) is 0 Å². The summed E-state index contributed by atoms with van der Waals surface area (Å²) in [6.45, 7) is 2.02. The van der Waals surface area contributed by atoms with Crippen LogP contribution in [-0.2, 0) is 9.59 Å². The Hall–Kier alpha value is -1.06. The molecule has 1 saturated heterocycles. The fourth-order valence-corrected chi connectivity index (χ4v) is 2.71. The average molecular weight is 224 g/mol. The van der Waals surface area contributed by atoms with Gasteiger partial charge in [0.1, 0.15) is 6.04 Å². The van der Waals surface area contributed by atoms with Crippen molar-refractivity contribution in [3.8, 4) is 0 Å². The molecule has 2 rings (SSSR count). The quantitative estimate of drug-likeness (QED) is 0.677. The van der Waals surface area contributed by atoms with Crippen LogP contribution in [-0.4, -0.2) is 35.3 Å². The highest BCUT2D eigenvalue weighted by atomic mass is 16.2. The summed E-state index contributed by atoms with van der Waals surface area (Å²) >= 11 is 0. The lowest BCUT2D eigenvalue weighted by Crippen LogP contribution is -2.59. The third kappa shape index (κ3) is 2.36. The van der Waals surface area contributed by atoms with Crippen LogP contribution in [0.15, 0.2) is 0 Å². The van der Waals surface area contributed by atoms with Crippen LogP contribution >= 0.6 is 0 Å². The van der Waals surface area contributed by atoms with Gasteiger partial charge in [0.2, 0.25) is 11.8 Å². The smallest absolute Gasteiger partial charge is 0.245 e. The number of carbonyl (C=O) groups excluding carboxylic acids is 2. The van der Waals surface area contributed by atoms with Crippen molar-refractivity contribution < 1.29 is 9.59 Å². The number of nitrogens with one attached hydrogen (secondary N) is 1. The number of hydrogen-bond acceptors (Lipinski definition) is 2. The number of rotatable bonds is 1. The Morgan fingerprint density at radius 2 is 1.75 bits per heavy atom. The zero-order valence-electron chi connectivity index (χ0n) is 9.87. The van der Waals surface area contributed by atoms with Crippen molar-refractivity contribution in [3.05, 3.63) is 0 Å². The van der Waals surface area contributed by atoms with Crippen molar-refractivity contribution in [1.82, 2.24) is 10.2 Å². The van der Waals surface area contributed by atoms with Crippen LogP contribution in [0.1, 0.15) is 45.4 Å². The van der Waals surface area contributed by atoms with E-state index in [1.54, 1.807) is 11.8 Å². The monoisotopic (exact) mass is 224 g/mol. The van der Waals surface area contributed by atoms with E-state index in [-0.39, 0.29) is 24.4 Å². The van der Waals surface area contributed by atoms with Crippen LogP contribution in [0.25, 0.3) is 0 Å². The first-order chi connectivity index (χ1) is 7.68. The van der Waals surface area contributed by atoms with E-state index >= 15 is 0 Å². The molecule has 1 atom stereocenters. The van der Waals surface area contributed by atoms with E-state index in [4.69, 9.17) is 0 Å². The molecule has 4 heteroatoms. The summed E-state index contributed by atoms with van der Waals surface area (Å²) in [4.78, 5) is 25.2. The number of carbonyl (C=O) groups is 2. The Morgan fingerprint density at radius 3 is 2.38 bits per heavy atom. The van der Waals surface area contributed by atoms with Crippen LogP contribution in [0.4, 0.5) is 0 Å². The second-order valence-corrected chi connectivity index (χ2v) is 4.90. The fourth-order valence-electron chi connectivity index (χ4n) is 2.71. The molecule has 1 saturated carbocycles. The van der Waals surface area contributed by atoms with Gasteiger partial charge in [0.15, 0.2) is 0 Å². The van der Waals surface area contributed by atoms with Gasteiger partial charge in [-0.15, -0.1) is 0 Å². The molecule has 4 nitrogen and oxygen atoms in total. The summed E-state index contributed by atoms with van der Waals surface area (Å²) in [5.74, 6) is 0.0721. The third-order valence-corrected chi connectivity index (χ3v) is 3.61. The highest BCUT2D eigenvalue weighted by molar-refractivity contribution is 5.94. The molecule has 0 spiro atoms. The summed E-state index contributed by atoms with van der Waals surface area (Å²) in [7, 11) is 0. The minimum absolute atomic E-state index is 0.0173. The van der Waals surface area contributed by atoms with Crippen molar-refractivity contribution in [3.63, 3.8) is 0 Å². The average Bonchev–Trinajstić information content (AvgIpc) is 2.51. The van der Waals surface area contributed by atoms with Gasteiger partial charge in [-0.2, -0.15) is 0 Å². The van der Waals surface area contributed by atoms with Gasteiger partial charge in [-0.05, 0) is 19.8 Å². The van der Waals surface area contributed by atoms with E-state index in [0.29, 0.717) is 6.04 Å². The molecule has 0 radical (unpaired) electrons. The molecule has 16 heavy (non-hydrogen) atoms. The number of amides is 2. The van der Waals surface area contributed by atoms with Crippen molar-refractivity contribution in [2.45, 2.75) is 57.5 Å². The maximum atomic E-state index is 12.0. The summed E-state index contributed by atoms with van der Waals surface area (Å²) in [6, 6.07) is -0.0481. The van der Waals surface area contributed by atoms with Gasteiger partial charge in [-0.1, -0.05) is 25.7 Å². The molecule has 0 aromatic heterocycles. The number of nitrogens with zero attached hydrogens (tertiary/aromatic N) is 1. The number of hydrogen-bond donors (Lipinski definition) is 1. The van der Waals surface area contributed by atoms with Gasteiger partial charge in [0, 0.05) is 6.04 Å². The Bertz CT molecular complexity index is 283. The zero-order valence-corrected chi connectivity index (χ0v) is 9.87. The zero-order chi connectivity index (χ0) is 11.5. The summed E-state index contributed by atoms with van der Waals surface area (Å²) in [5, 5.41) is 2.68. The van der Waals surface area contributed by atoms with E-state index in [1.807, 2.05) is 0 Å². The second kappa shape index (κ2) is 4.85. The summed E-state index contributed by atoms with van der Waals surface area (Å²) in [6.07, 6.45) is 7.02. The Morgan fingerprint density at radius 1 is 1.12 bits per heavy atom. The number of piperazine rings is 1. The standard InChI is InChI=1S/C12H20N2O2/c1-9-12(16)14(8-11(15)13-9)10-6-4-2-3-5-7-10/h9-10H,2-8H2,1H3,(H,13,15). The predicted octanol–water partition coefficient (Wildman–Crippen LogP) is 1.06. The first-order valence-corrected chi connectivity index (χ1v) is 6.28. The lowest BCUT2D eigenvalue weighted by atomic mass is 10.0. The van der Waals surface area contributed by atoms with Gasteiger partial charge >= 0.3 is 0 Å². The van der Waals surface area contributed by atoms with Gasteiger partial charge in [0.05, 0.1) is 6.54 Å². The Labute approximate surface area is 96.4 Å². The van der Waals surface area contributed by atoms with Gasteiger partial charge in [0.25, 0.3) is 0 Å². The minimum Gasteiger partial charge on any atom is -0.343 e.